The van der Waals surface area contributed by atoms with Gasteiger partial charge in [-0.3, -0.25) is 9.62 Å². The number of likely N-dealkylation sites (tertiary alicyclic amines) is 1. The Morgan fingerprint density at radius 1 is 1.26 bits per heavy atom. The molecule has 1 unspecified atom stereocenters. The maximum Gasteiger partial charge on any atom is 0.229 e. The molecule has 4 nitrogen and oxygen atoms in total. The molecule has 1 aliphatic rings. The predicted octanol–water partition coefficient (Wildman–Crippen LogP) is 3.57. The maximum atomic E-state index is 15.1. The van der Waals surface area contributed by atoms with Crippen LogP contribution in [0.1, 0.15) is 45.0 Å². The van der Waals surface area contributed by atoms with Crippen LogP contribution in [0.15, 0.2) is 12.1 Å². The lowest BCUT2D eigenvalue weighted by atomic mass is 9.89. The molecule has 0 amide bonds. The second-order valence-electron chi connectivity index (χ2n) is 6.50. The summed E-state index contributed by atoms with van der Waals surface area (Å²) in [6, 6.07) is 1.89. The van der Waals surface area contributed by atoms with Crippen molar-refractivity contribution in [3.63, 3.8) is 0 Å². The predicted molar refractivity (Wildman–Crippen MR) is 83.3 cm³/mol. The number of rotatable bonds is 4. The van der Waals surface area contributed by atoms with Gasteiger partial charge in [0.25, 0.3) is 0 Å². The summed E-state index contributed by atoms with van der Waals surface area (Å²) in [6.45, 7) is 4.22. The Bertz CT molecular complexity index is 692. The molecule has 0 saturated carbocycles. The standard InChI is InChI=1S/C15H21F3N2O2S/c1-15(2)8-4-5-9-20(15)14(18)10-6-7-11(16)12(17)13(10)19-23(3,21)22/h6-7,14,19H,4-5,8-9H2,1-3H3. The van der Waals surface area contributed by atoms with Gasteiger partial charge in [-0.05, 0) is 38.8 Å². The Morgan fingerprint density at radius 2 is 1.91 bits per heavy atom. The highest BCUT2D eigenvalue weighted by Gasteiger charge is 2.37. The van der Waals surface area contributed by atoms with Crippen molar-refractivity contribution in [1.82, 2.24) is 4.90 Å². The third-order valence-corrected chi connectivity index (χ3v) is 4.73. The average molecular weight is 350 g/mol. The summed E-state index contributed by atoms with van der Waals surface area (Å²) in [5, 5.41) is 0. The van der Waals surface area contributed by atoms with Crippen LogP contribution < -0.4 is 4.72 Å². The number of hydrogen-bond acceptors (Lipinski definition) is 3. The summed E-state index contributed by atoms with van der Waals surface area (Å²) in [4.78, 5) is 1.55. The zero-order valence-corrected chi connectivity index (χ0v) is 14.2. The first-order chi connectivity index (χ1) is 10.5. The van der Waals surface area contributed by atoms with Crippen molar-refractivity contribution in [3.05, 3.63) is 29.3 Å². The highest BCUT2D eigenvalue weighted by atomic mass is 32.2. The quantitative estimate of drug-likeness (QED) is 0.845. The minimum absolute atomic E-state index is 0.218. The van der Waals surface area contributed by atoms with Gasteiger partial charge in [-0.15, -0.1) is 0 Å². The highest BCUT2D eigenvalue weighted by molar-refractivity contribution is 7.92. The molecule has 8 heteroatoms. The summed E-state index contributed by atoms with van der Waals surface area (Å²) >= 11 is 0. The van der Waals surface area contributed by atoms with Gasteiger partial charge in [0.15, 0.2) is 17.9 Å². The summed E-state index contributed by atoms with van der Waals surface area (Å²) in [5.74, 6) is -2.63. The van der Waals surface area contributed by atoms with Crippen LogP contribution in [0.25, 0.3) is 0 Å². The van der Waals surface area contributed by atoms with E-state index in [-0.39, 0.29) is 5.56 Å². The maximum absolute atomic E-state index is 15.1. The number of halogens is 3. The molecular formula is C15H21F3N2O2S. The third kappa shape index (κ3) is 3.98. The first-order valence-electron chi connectivity index (χ1n) is 7.39. The van der Waals surface area contributed by atoms with Crippen molar-refractivity contribution in [2.75, 3.05) is 17.5 Å². The average Bonchev–Trinajstić information content (AvgIpc) is 2.42. The topological polar surface area (TPSA) is 49.4 Å². The molecule has 0 radical (unpaired) electrons. The van der Waals surface area contributed by atoms with E-state index in [9.17, 15) is 17.2 Å². The molecule has 0 bridgehead atoms. The molecular weight excluding hydrogens is 329 g/mol. The van der Waals surface area contributed by atoms with Crippen LogP contribution in [0.3, 0.4) is 0 Å². The Balaban J connectivity index is 2.47. The van der Waals surface area contributed by atoms with E-state index in [2.05, 4.69) is 0 Å². The number of sulfonamides is 1. The molecule has 0 aliphatic carbocycles. The molecule has 0 spiro atoms. The van der Waals surface area contributed by atoms with E-state index >= 15 is 4.39 Å². The van der Waals surface area contributed by atoms with Gasteiger partial charge in [0.2, 0.25) is 10.0 Å². The number of alkyl halides is 1. The van der Waals surface area contributed by atoms with E-state index < -0.39 is 39.2 Å². The summed E-state index contributed by atoms with van der Waals surface area (Å²) in [7, 11) is -3.87. The number of anilines is 1. The largest absolute Gasteiger partial charge is 0.280 e. The van der Waals surface area contributed by atoms with Crippen molar-refractivity contribution in [2.45, 2.75) is 44.9 Å². The molecule has 130 valence electrons. The fraction of sp³-hybridized carbons (Fsp3) is 0.600. The Hall–Kier alpha value is -1.28. The molecule has 1 heterocycles. The molecule has 1 atom stereocenters. The Labute approximate surface area is 134 Å². The first-order valence-corrected chi connectivity index (χ1v) is 9.28. The SMILES string of the molecule is CC1(C)CCCCN1C(F)c1ccc(F)c(F)c1NS(C)(=O)=O. The van der Waals surface area contributed by atoms with Gasteiger partial charge in [0, 0.05) is 17.6 Å². The van der Waals surface area contributed by atoms with E-state index in [1.54, 1.807) is 4.90 Å². The van der Waals surface area contributed by atoms with Gasteiger partial charge in [-0.2, -0.15) is 0 Å². The smallest absolute Gasteiger partial charge is 0.229 e. The molecule has 23 heavy (non-hydrogen) atoms. The number of piperidine rings is 1. The normalized spacial score (nSPS) is 20.3. The minimum Gasteiger partial charge on any atom is -0.280 e. The van der Waals surface area contributed by atoms with Crippen molar-refractivity contribution >= 4 is 15.7 Å². The van der Waals surface area contributed by atoms with Crippen LogP contribution >= 0.6 is 0 Å². The molecule has 2 rings (SSSR count). The van der Waals surface area contributed by atoms with E-state index in [1.807, 2.05) is 18.6 Å². The fourth-order valence-electron chi connectivity index (χ4n) is 2.93. The van der Waals surface area contributed by atoms with Crippen molar-refractivity contribution < 1.29 is 21.6 Å². The van der Waals surface area contributed by atoms with Crippen molar-refractivity contribution in [1.29, 1.82) is 0 Å². The Kier molecular flexibility index (Phi) is 4.96. The van der Waals surface area contributed by atoms with Gasteiger partial charge >= 0.3 is 0 Å². The monoisotopic (exact) mass is 350 g/mol. The number of nitrogens with one attached hydrogen (secondary N) is 1. The zero-order valence-electron chi connectivity index (χ0n) is 13.4. The van der Waals surface area contributed by atoms with Gasteiger partial charge in [0.05, 0.1) is 11.9 Å². The van der Waals surface area contributed by atoms with Crippen molar-refractivity contribution in [3.8, 4) is 0 Å². The van der Waals surface area contributed by atoms with Crippen LogP contribution in [-0.2, 0) is 10.0 Å². The number of hydrogen-bond donors (Lipinski definition) is 1. The van der Waals surface area contributed by atoms with Gasteiger partial charge < -0.3 is 0 Å². The van der Waals surface area contributed by atoms with Gasteiger partial charge in [0.1, 0.15) is 0 Å². The minimum atomic E-state index is -3.87. The third-order valence-electron chi connectivity index (χ3n) is 4.16. The lowest BCUT2D eigenvalue weighted by molar-refractivity contribution is -0.0288. The van der Waals surface area contributed by atoms with E-state index in [4.69, 9.17) is 0 Å². The number of nitrogens with zero attached hydrogens (tertiary/aromatic N) is 1. The number of benzene rings is 1. The van der Waals surface area contributed by atoms with Gasteiger partial charge in [-0.25, -0.2) is 21.6 Å². The second-order valence-corrected chi connectivity index (χ2v) is 8.25. The molecule has 0 aromatic heterocycles. The second kappa shape index (κ2) is 6.32. The van der Waals surface area contributed by atoms with Crippen LogP contribution in [0, 0.1) is 11.6 Å². The van der Waals surface area contributed by atoms with Crippen LogP contribution in [-0.4, -0.2) is 31.7 Å². The lowest BCUT2D eigenvalue weighted by Crippen LogP contribution is -2.48. The molecule has 1 aliphatic heterocycles. The van der Waals surface area contributed by atoms with Crippen LogP contribution in [0.5, 0.6) is 0 Å². The first kappa shape index (κ1) is 18.1. The Morgan fingerprint density at radius 3 is 2.48 bits per heavy atom. The molecule has 1 fully saturated rings. The lowest BCUT2D eigenvalue weighted by Gasteiger charge is -2.44. The fourth-order valence-corrected chi connectivity index (χ4v) is 3.51. The van der Waals surface area contributed by atoms with E-state index in [0.717, 1.165) is 37.7 Å². The van der Waals surface area contributed by atoms with Gasteiger partial charge in [-0.1, -0.05) is 6.42 Å². The summed E-state index contributed by atoms with van der Waals surface area (Å²) < 4.78 is 67.2. The molecule has 1 saturated heterocycles. The molecule has 1 aromatic carbocycles. The summed E-state index contributed by atoms with van der Waals surface area (Å²) in [5.41, 5.74) is -1.34. The summed E-state index contributed by atoms with van der Waals surface area (Å²) in [6.07, 6.45) is 1.60. The van der Waals surface area contributed by atoms with Crippen LogP contribution in [0.4, 0.5) is 18.9 Å². The van der Waals surface area contributed by atoms with E-state index in [1.165, 1.54) is 0 Å². The zero-order chi connectivity index (χ0) is 17.4. The molecule has 1 N–H and O–H groups in total. The van der Waals surface area contributed by atoms with Crippen LogP contribution in [0.2, 0.25) is 0 Å². The highest BCUT2D eigenvalue weighted by Crippen LogP contribution is 2.39. The van der Waals surface area contributed by atoms with Crippen molar-refractivity contribution in [2.24, 2.45) is 0 Å². The van der Waals surface area contributed by atoms with E-state index in [0.29, 0.717) is 6.54 Å². The molecule has 1 aromatic rings.